The molecule has 8 heteroatoms. The van der Waals surface area contributed by atoms with Gasteiger partial charge in [-0.2, -0.15) is 0 Å². The molecule has 0 fully saturated rings. The summed E-state index contributed by atoms with van der Waals surface area (Å²) in [6.45, 7) is 5.23. The van der Waals surface area contributed by atoms with E-state index in [1.54, 1.807) is 12.1 Å². The number of nitrogens with zero attached hydrogens (tertiary/aromatic N) is 1. The molecule has 1 N–H and O–H groups in total. The molecule has 0 saturated heterocycles. The fraction of sp³-hybridized carbons (Fsp3) is 0.208. The Labute approximate surface area is 192 Å². The van der Waals surface area contributed by atoms with Crippen molar-refractivity contribution in [3.8, 4) is 0 Å². The minimum atomic E-state index is -4.11. The summed E-state index contributed by atoms with van der Waals surface area (Å²) in [5, 5.41) is 2.82. The summed E-state index contributed by atoms with van der Waals surface area (Å²) >= 11 is 1.49. The Morgan fingerprint density at radius 2 is 1.62 bits per heavy atom. The lowest BCUT2D eigenvalue weighted by Crippen LogP contribution is -2.38. The minimum absolute atomic E-state index is 0.0232. The largest absolute Gasteiger partial charge is 0.324 e. The van der Waals surface area contributed by atoms with Gasteiger partial charge in [-0.3, -0.25) is 9.10 Å². The Hall–Kier alpha value is -2.84. The van der Waals surface area contributed by atoms with Crippen LogP contribution in [0.15, 0.2) is 70.5 Å². The van der Waals surface area contributed by atoms with Crippen LogP contribution in [0.5, 0.6) is 0 Å². The zero-order valence-electron chi connectivity index (χ0n) is 18.3. The Morgan fingerprint density at radius 3 is 2.19 bits per heavy atom. The molecule has 0 aromatic heterocycles. The normalized spacial score (nSPS) is 11.3. The van der Waals surface area contributed by atoms with Gasteiger partial charge < -0.3 is 5.32 Å². The lowest BCUT2D eigenvalue weighted by Gasteiger charge is -2.24. The van der Waals surface area contributed by atoms with Gasteiger partial charge in [0.15, 0.2) is 0 Å². The van der Waals surface area contributed by atoms with Crippen LogP contribution in [-0.4, -0.2) is 27.1 Å². The van der Waals surface area contributed by atoms with Gasteiger partial charge in [0, 0.05) is 10.6 Å². The van der Waals surface area contributed by atoms with Crippen molar-refractivity contribution in [1.29, 1.82) is 0 Å². The smallest absolute Gasteiger partial charge is 0.264 e. The molecule has 0 atom stereocenters. The highest BCUT2D eigenvalue weighted by atomic mass is 32.2. The third-order valence-corrected chi connectivity index (χ3v) is 7.50. The van der Waals surface area contributed by atoms with Gasteiger partial charge in [-0.05, 0) is 80.6 Å². The second-order valence-electron chi connectivity index (χ2n) is 7.49. The van der Waals surface area contributed by atoms with Crippen LogP contribution in [0, 0.1) is 26.6 Å². The highest BCUT2D eigenvalue weighted by Gasteiger charge is 2.28. The van der Waals surface area contributed by atoms with Gasteiger partial charge in [0.2, 0.25) is 5.91 Å². The SMILES string of the molecule is CSc1ccc(S(=O)(=O)N(CC(=O)Nc2c(C)cc(C)cc2C)c2cccc(F)c2)cc1. The van der Waals surface area contributed by atoms with E-state index in [1.165, 1.54) is 42.1 Å². The Kier molecular flexibility index (Phi) is 7.26. The lowest BCUT2D eigenvalue weighted by molar-refractivity contribution is -0.114. The predicted molar refractivity (Wildman–Crippen MR) is 128 cm³/mol. The molecule has 0 aliphatic carbocycles. The molecule has 0 aliphatic heterocycles. The summed E-state index contributed by atoms with van der Waals surface area (Å²) in [6.07, 6.45) is 1.89. The molecule has 0 unspecified atom stereocenters. The zero-order valence-corrected chi connectivity index (χ0v) is 20.0. The molecule has 3 rings (SSSR count). The summed E-state index contributed by atoms with van der Waals surface area (Å²) in [4.78, 5) is 13.9. The molecule has 3 aromatic carbocycles. The third-order valence-electron chi connectivity index (χ3n) is 4.97. The first-order valence-electron chi connectivity index (χ1n) is 9.92. The number of rotatable bonds is 7. The summed E-state index contributed by atoms with van der Waals surface area (Å²) < 4.78 is 41.7. The van der Waals surface area contributed by atoms with E-state index in [1.807, 2.05) is 39.2 Å². The Bertz CT molecular complexity index is 1220. The van der Waals surface area contributed by atoms with Crippen molar-refractivity contribution in [1.82, 2.24) is 0 Å². The average Bonchev–Trinajstić information content (AvgIpc) is 2.74. The van der Waals surface area contributed by atoms with Crippen molar-refractivity contribution in [3.05, 3.63) is 83.2 Å². The maximum Gasteiger partial charge on any atom is 0.264 e. The number of amides is 1. The molecule has 0 saturated carbocycles. The quantitative estimate of drug-likeness (QED) is 0.474. The van der Waals surface area contributed by atoms with Crippen LogP contribution in [0.1, 0.15) is 16.7 Å². The summed E-state index contributed by atoms with van der Waals surface area (Å²) in [7, 11) is -4.11. The first kappa shape index (κ1) is 23.8. The number of thioether (sulfide) groups is 1. The maximum absolute atomic E-state index is 13.9. The topological polar surface area (TPSA) is 66.5 Å². The molecule has 0 bridgehead atoms. The number of hydrogen-bond donors (Lipinski definition) is 1. The van der Waals surface area contributed by atoms with E-state index in [-0.39, 0.29) is 10.6 Å². The van der Waals surface area contributed by atoms with Gasteiger partial charge in [-0.1, -0.05) is 23.8 Å². The van der Waals surface area contributed by atoms with Crippen molar-refractivity contribution in [3.63, 3.8) is 0 Å². The van der Waals surface area contributed by atoms with E-state index in [0.717, 1.165) is 32.0 Å². The first-order valence-corrected chi connectivity index (χ1v) is 12.6. The van der Waals surface area contributed by atoms with Gasteiger partial charge in [0.25, 0.3) is 10.0 Å². The molecule has 3 aromatic rings. The van der Waals surface area contributed by atoms with E-state index in [0.29, 0.717) is 5.69 Å². The van der Waals surface area contributed by atoms with Crippen LogP contribution in [-0.2, 0) is 14.8 Å². The minimum Gasteiger partial charge on any atom is -0.324 e. The molecule has 168 valence electrons. The van der Waals surface area contributed by atoms with Crippen LogP contribution in [0.3, 0.4) is 0 Å². The summed E-state index contributed by atoms with van der Waals surface area (Å²) in [5.41, 5.74) is 3.54. The summed E-state index contributed by atoms with van der Waals surface area (Å²) in [5.74, 6) is -1.11. The number of halogens is 1. The number of aryl methyl sites for hydroxylation is 3. The third kappa shape index (κ3) is 5.31. The van der Waals surface area contributed by atoms with Gasteiger partial charge in [0.05, 0.1) is 10.6 Å². The molecule has 0 aliphatic rings. The van der Waals surface area contributed by atoms with Crippen LogP contribution in [0.25, 0.3) is 0 Å². The van der Waals surface area contributed by atoms with Crippen LogP contribution >= 0.6 is 11.8 Å². The van der Waals surface area contributed by atoms with Gasteiger partial charge in [0.1, 0.15) is 12.4 Å². The molecule has 5 nitrogen and oxygen atoms in total. The van der Waals surface area contributed by atoms with Gasteiger partial charge >= 0.3 is 0 Å². The number of carbonyl (C=O) groups is 1. The second-order valence-corrected chi connectivity index (χ2v) is 10.2. The van der Waals surface area contributed by atoms with Crippen LogP contribution in [0.4, 0.5) is 15.8 Å². The fourth-order valence-corrected chi connectivity index (χ4v) is 5.33. The highest BCUT2D eigenvalue weighted by molar-refractivity contribution is 7.98. The molecule has 0 heterocycles. The van der Waals surface area contributed by atoms with E-state index >= 15 is 0 Å². The van der Waals surface area contributed by atoms with Gasteiger partial charge in [-0.15, -0.1) is 11.8 Å². The van der Waals surface area contributed by atoms with E-state index in [4.69, 9.17) is 0 Å². The molecular formula is C24H25FN2O3S2. The number of carbonyl (C=O) groups excluding carboxylic acids is 1. The molecule has 1 amide bonds. The number of nitrogens with one attached hydrogen (secondary N) is 1. The fourth-order valence-electron chi connectivity index (χ4n) is 3.51. The van der Waals surface area contributed by atoms with Crippen LogP contribution < -0.4 is 9.62 Å². The summed E-state index contributed by atoms with van der Waals surface area (Å²) in [6, 6.07) is 15.4. The van der Waals surface area contributed by atoms with Crippen molar-refractivity contribution in [2.75, 3.05) is 22.4 Å². The van der Waals surface area contributed by atoms with E-state index in [2.05, 4.69) is 5.32 Å². The standard InChI is InChI=1S/C24H25FN2O3S2/c1-16-12-17(2)24(18(3)13-16)26-23(28)15-27(20-7-5-6-19(25)14-20)32(29,30)22-10-8-21(31-4)9-11-22/h5-14H,15H2,1-4H3,(H,26,28). The molecule has 32 heavy (non-hydrogen) atoms. The van der Waals surface area contributed by atoms with Crippen molar-refractivity contribution >= 4 is 39.1 Å². The van der Waals surface area contributed by atoms with Crippen molar-refractivity contribution in [2.24, 2.45) is 0 Å². The van der Waals surface area contributed by atoms with Crippen LogP contribution in [0.2, 0.25) is 0 Å². The molecular weight excluding hydrogens is 447 g/mol. The van der Waals surface area contributed by atoms with Crippen molar-refractivity contribution in [2.45, 2.75) is 30.6 Å². The van der Waals surface area contributed by atoms with E-state index in [9.17, 15) is 17.6 Å². The Balaban J connectivity index is 1.97. The molecule has 0 spiro atoms. The Morgan fingerprint density at radius 1 is 1.00 bits per heavy atom. The number of hydrogen-bond acceptors (Lipinski definition) is 4. The maximum atomic E-state index is 13.9. The molecule has 0 radical (unpaired) electrons. The van der Waals surface area contributed by atoms with E-state index < -0.39 is 28.3 Å². The average molecular weight is 473 g/mol. The van der Waals surface area contributed by atoms with Crippen molar-refractivity contribution < 1.29 is 17.6 Å². The predicted octanol–water partition coefficient (Wildman–Crippen LogP) is 5.31. The monoisotopic (exact) mass is 472 g/mol. The lowest BCUT2D eigenvalue weighted by atomic mass is 10.1. The first-order chi connectivity index (χ1) is 15.1. The van der Waals surface area contributed by atoms with Gasteiger partial charge in [-0.25, -0.2) is 12.8 Å². The number of anilines is 2. The number of sulfonamides is 1. The zero-order chi connectivity index (χ0) is 23.5. The second kappa shape index (κ2) is 9.75. The number of benzene rings is 3. The highest BCUT2D eigenvalue weighted by Crippen LogP contribution is 2.27.